The van der Waals surface area contributed by atoms with Gasteiger partial charge in [-0.05, 0) is 18.9 Å². The van der Waals surface area contributed by atoms with Crippen LogP contribution in [0.1, 0.15) is 36.0 Å². The number of nitro benzene ring substituents is 1. The molecule has 1 fully saturated rings. The smallest absolute Gasteiger partial charge is 0.341 e. The molecule has 0 saturated heterocycles. The van der Waals surface area contributed by atoms with Gasteiger partial charge >= 0.3 is 5.97 Å². The van der Waals surface area contributed by atoms with Gasteiger partial charge in [0.2, 0.25) is 5.92 Å². The van der Waals surface area contributed by atoms with Crippen LogP contribution in [0.2, 0.25) is 0 Å². The molecule has 0 bridgehead atoms. The standard InChI is InChI=1S/C14H15F2NO5/c1-21-13(18)11-8-9(17(19)20)2-3-12(11)22-10-4-6-14(15,16)7-5-10/h2-3,8,10H,4-7H2,1H3. The highest BCUT2D eigenvalue weighted by Crippen LogP contribution is 2.36. The highest BCUT2D eigenvalue weighted by atomic mass is 19.3. The second kappa shape index (κ2) is 6.25. The third kappa shape index (κ3) is 3.69. The summed E-state index contributed by atoms with van der Waals surface area (Å²) in [6.07, 6.45) is -0.699. The number of non-ortho nitro benzene ring substituents is 1. The van der Waals surface area contributed by atoms with Crippen LogP contribution in [-0.4, -0.2) is 30.0 Å². The topological polar surface area (TPSA) is 78.7 Å². The highest BCUT2D eigenvalue weighted by molar-refractivity contribution is 5.93. The summed E-state index contributed by atoms with van der Waals surface area (Å²) < 4.78 is 36.4. The SMILES string of the molecule is COC(=O)c1cc([N+](=O)[O-])ccc1OC1CCC(F)(F)CC1. The first-order valence-electron chi connectivity index (χ1n) is 6.73. The van der Waals surface area contributed by atoms with E-state index in [1.54, 1.807) is 0 Å². The monoisotopic (exact) mass is 315 g/mol. The van der Waals surface area contributed by atoms with Gasteiger partial charge in [-0.2, -0.15) is 0 Å². The molecule has 22 heavy (non-hydrogen) atoms. The Bertz CT molecular complexity index is 581. The van der Waals surface area contributed by atoms with Crippen molar-refractivity contribution in [2.24, 2.45) is 0 Å². The Morgan fingerprint density at radius 3 is 2.55 bits per heavy atom. The minimum Gasteiger partial charge on any atom is -0.490 e. The third-order valence-corrected chi connectivity index (χ3v) is 3.54. The van der Waals surface area contributed by atoms with Crippen molar-refractivity contribution in [1.82, 2.24) is 0 Å². The van der Waals surface area contributed by atoms with E-state index in [4.69, 9.17) is 4.74 Å². The van der Waals surface area contributed by atoms with Crippen LogP contribution in [0.4, 0.5) is 14.5 Å². The minimum atomic E-state index is -2.68. The number of hydrogen-bond donors (Lipinski definition) is 0. The van der Waals surface area contributed by atoms with E-state index in [0.717, 1.165) is 13.2 Å². The molecule has 1 saturated carbocycles. The molecule has 0 amide bonds. The Balaban J connectivity index is 2.19. The van der Waals surface area contributed by atoms with E-state index in [-0.39, 0.29) is 42.7 Å². The largest absolute Gasteiger partial charge is 0.490 e. The molecule has 0 aromatic heterocycles. The van der Waals surface area contributed by atoms with Gasteiger partial charge in [0.05, 0.1) is 18.1 Å². The molecular formula is C14H15F2NO5. The summed E-state index contributed by atoms with van der Waals surface area (Å²) in [4.78, 5) is 21.8. The van der Waals surface area contributed by atoms with Crippen molar-refractivity contribution >= 4 is 11.7 Å². The van der Waals surface area contributed by atoms with E-state index in [9.17, 15) is 23.7 Å². The lowest BCUT2D eigenvalue weighted by Gasteiger charge is -2.29. The second-order valence-electron chi connectivity index (χ2n) is 5.10. The van der Waals surface area contributed by atoms with Gasteiger partial charge in [0.25, 0.3) is 5.69 Å². The lowest BCUT2D eigenvalue weighted by molar-refractivity contribution is -0.384. The molecule has 1 aliphatic rings. The summed E-state index contributed by atoms with van der Waals surface area (Å²) in [5.41, 5.74) is -0.364. The Morgan fingerprint density at radius 1 is 1.36 bits per heavy atom. The van der Waals surface area contributed by atoms with Gasteiger partial charge in [0.1, 0.15) is 11.3 Å². The van der Waals surface area contributed by atoms with Gasteiger partial charge in [-0.1, -0.05) is 0 Å². The van der Waals surface area contributed by atoms with Crippen LogP contribution in [0.5, 0.6) is 5.75 Å². The molecule has 1 aromatic rings. The summed E-state index contributed by atoms with van der Waals surface area (Å²) in [6, 6.07) is 3.54. The van der Waals surface area contributed by atoms with Crippen molar-refractivity contribution in [2.75, 3.05) is 7.11 Å². The average Bonchev–Trinajstić information content (AvgIpc) is 2.48. The molecule has 0 aliphatic heterocycles. The van der Waals surface area contributed by atoms with E-state index in [1.807, 2.05) is 0 Å². The zero-order valence-corrected chi connectivity index (χ0v) is 11.9. The number of carbonyl (C=O) groups is 1. The van der Waals surface area contributed by atoms with E-state index in [2.05, 4.69) is 4.74 Å². The number of ether oxygens (including phenoxy) is 2. The molecule has 0 unspecified atom stereocenters. The van der Waals surface area contributed by atoms with Crippen LogP contribution in [0.25, 0.3) is 0 Å². The van der Waals surface area contributed by atoms with Gasteiger partial charge < -0.3 is 9.47 Å². The molecule has 120 valence electrons. The van der Waals surface area contributed by atoms with Crippen LogP contribution in [0.3, 0.4) is 0 Å². The zero-order chi connectivity index (χ0) is 16.3. The Hall–Kier alpha value is -2.25. The molecule has 8 heteroatoms. The van der Waals surface area contributed by atoms with E-state index >= 15 is 0 Å². The van der Waals surface area contributed by atoms with Crippen LogP contribution < -0.4 is 4.74 Å². The summed E-state index contributed by atoms with van der Waals surface area (Å²) >= 11 is 0. The summed E-state index contributed by atoms with van der Waals surface area (Å²) in [5.74, 6) is -3.35. The fraction of sp³-hybridized carbons (Fsp3) is 0.500. The summed E-state index contributed by atoms with van der Waals surface area (Å²) in [7, 11) is 1.14. The molecule has 1 aromatic carbocycles. The van der Waals surface area contributed by atoms with Crippen molar-refractivity contribution in [2.45, 2.75) is 37.7 Å². The molecule has 0 N–H and O–H groups in total. The molecule has 0 atom stereocenters. The first kappa shape index (κ1) is 16.1. The number of benzene rings is 1. The lowest BCUT2D eigenvalue weighted by Crippen LogP contribution is -2.31. The number of esters is 1. The predicted octanol–water partition coefficient (Wildman–Crippen LogP) is 3.34. The first-order chi connectivity index (χ1) is 10.3. The van der Waals surface area contributed by atoms with E-state index < -0.39 is 22.9 Å². The maximum absolute atomic E-state index is 13.1. The maximum atomic E-state index is 13.1. The number of alkyl halides is 2. The van der Waals surface area contributed by atoms with Crippen LogP contribution in [0, 0.1) is 10.1 Å². The van der Waals surface area contributed by atoms with Gasteiger partial charge in [-0.15, -0.1) is 0 Å². The predicted molar refractivity (Wildman–Crippen MR) is 72.3 cm³/mol. The number of nitro groups is 1. The molecular weight excluding hydrogens is 300 g/mol. The number of rotatable bonds is 4. The van der Waals surface area contributed by atoms with Crippen molar-refractivity contribution in [1.29, 1.82) is 0 Å². The lowest BCUT2D eigenvalue weighted by atomic mass is 9.94. The van der Waals surface area contributed by atoms with E-state index in [0.29, 0.717) is 0 Å². The minimum absolute atomic E-state index is 0.0889. The molecule has 0 radical (unpaired) electrons. The summed E-state index contributed by atoms with van der Waals surface area (Å²) in [5, 5.41) is 10.8. The fourth-order valence-corrected chi connectivity index (χ4v) is 2.31. The van der Waals surface area contributed by atoms with Crippen LogP contribution in [-0.2, 0) is 4.74 Å². The highest BCUT2D eigenvalue weighted by Gasteiger charge is 2.36. The molecule has 0 heterocycles. The van der Waals surface area contributed by atoms with Crippen molar-refractivity contribution in [3.8, 4) is 5.75 Å². The summed E-state index contributed by atoms with van der Waals surface area (Å²) in [6.45, 7) is 0. The molecule has 1 aliphatic carbocycles. The first-order valence-corrected chi connectivity index (χ1v) is 6.73. The van der Waals surface area contributed by atoms with Gasteiger partial charge in [0, 0.05) is 25.0 Å². The Morgan fingerprint density at radius 2 is 2.00 bits per heavy atom. The number of carbonyl (C=O) groups excluding carboxylic acids is 1. The third-order valence-electron chi connectivity index (χ3n) is 3.54. The number of hydrogen-bond acceptors (Lipinski definition) is 5. The molecule has 0 spiro atoms. The van der Waals surface area contributed by atoms with Crippen LogP contribution in [0.15, 0.2) is 18.2 Å². The molecule has 6 nitrogen and oxygen atoms in total. The Labute approximate surface area is 125 Å². The second-order valence-corrected chi connectivity index (χ2v) is 5.10. The normalized spacial score (nSPS) is 17.8. The number of halogens is 2. The average molecular weight is 315 g/mol. The number of methoxy groups -OCH3 is 1. The maximum Gasteiger partial charge on any atom is 0.341 e. The Kier molecular flexibility index (Phi) is 4.58. The van der Waals surface area contributed by atoms with Gasteiger partial charge in [-0.25, -0.2) is 13.6 Å². The quantitative estimate of drug-likeness (QED) is 0.484. The van der Waals surface area contributed by atoms with Crippen LogP contribution >= 0.6 is 0 Å². The van der Waals surface area contributed by atoms with E-state index in [1.165, 1.54) is 12.1 Å². The molecule has 2 rings (SSSR count). The van der Waals surface area contributed by atoms with Crippen molar-refractivity contribution in [3.63, 3.8) is 0 Å². The van der Waals surface area contributed by atoms with Gasteiger partial charge in [0.15, 0.2) is 0 Å². The van der Waals surface area contributed by atoms with Crippen molar-refractivity contribution in [3.05, 3.63) is 33.9 Å². The fourth-order valence-electron chi connectivity index (χ4n) is 2.31. The van der Waals surface area contributed by atoms with Gasteiger partial charge in [-0.3, -0.25) is 10.1 Å². The zero-order valence-electron chi connectivity index (χ0n) is 11.9. The van der Waals surface area contributed by atoms with Crippen molar-refractivity contribution < 1.29 is 28.0 Å². The number of nitrogens with zero attached hydrogens (tertiary/aromatic N) is 1.